The van der Waals surface area contributed by atoms with E-state index in [0.717, 1.165) is 0 Å². The number of carbonyl (C=O) groups excluding carboxylic acids is 2. The van der Waals surface area contributed by atoms with Gasteiger partial charge in [0.15, 0.2) is 0 Å². The third-order valence-electron chi connectivity index (χ3n) is 2.87. The van der Waals surface area contributed by atoms with Crippen LogP contribution in [-0.2, 0) is 14.3 Å². The van der Waals surface area contributed by atoms with Crippen LogP contribution in [0.25, 0.3) is 0 Å². The number of rotatable bonds is 5. The van der Waals surface area contributed by atoms with E-state index < -0.39 is 11.9 Å². The fourth-order valence-electron chi connectivity index (χ4n) is 1.84. The lowest BCUT2D eigenvalue weighted by atomic mass is 9.93. The van der Waals surface area contributed by atoms with Gasteiger partial charge in [-0.1, -0.05) is 38.1 Å². The predicted octanol–water partition coefficient (Wildman–Crippen LogP) is 3.05. The standard InChI is InChI=1S/C15H20O3/c1-5-18-15(17)14(11(4)16)13-8-6-12(7-9-13)10(2)3/h6-10,14H,5H2,1-4H3. The largest absolute Gasteiger partial charge is 0.465 e. The van der Waals surface area contributed by atoms with Gasteiger partial charge in [0.25, 0.3) is 0 Å². The summed E-state index contributed by atoms with van der Waals surface area (Å²) in [7, 11) is 0. The summed E-state index contributed by atoms with van der Waals surface area (Å²) in [6, 6.07) is 7.57. The van der Waals surface area contributed by atoms with Crippen LogP contribution in [0.4, 0.5) is 0 Å². The smallest absolute Gasteiger partial charge is 0.320 e. The molecule has 1 aromatic carbocycles. The monoisotopic (exact) mass is 248 g/mol. The lowest BCUT2D eigenvalue weighted by Crippen LogP contribution is -2.22. The highest BCUT2D eigenvalue weighted by molar-refractivity contribution is 6.03. The van der Waals surface area contributed by atoms with Gasteiger partial charge >= 0.3 is 5.97 Å². The van der Waals surface area contributed by atoms with Gasteiger partial charge in [-0.25, -0.2) is 0 Å². The molecule has 0 saturated heterocycles. The fraction of sp³-hybridized carbons (Fsp3) is 0.467. The first-order valence-corrected chi connectivity index (χ1v) is 6.24. The number of hydrogen-bond acceptors (Lipinski definition) is 3. The molecule has 0 aliphatic rings. The van der Waals surface area contributed by atoms with E-state index >= 15 is 0 Å². The number of benzene rings is 1. The minimum absolute atomic E-state index is 0.189. The molecular weight excluding hydrogens is 228 g/mol. The molecule has 0 aromatic heterocycles. The molecule has 1 unspecified atom stereocenters. The van der Waals surface area contributed by atoms with Crippen LogP contribution >= 0.6 is 0 Å². The average molecular weight is 248 g/mol. The van der Waals surface area contributed by atoms with Gasteiger partial charge in [0.1, 0.15) is 11.7 Å². The van der Waals surface area contributed by atoms with Crippen molar-refractivity contribution in [2.45, 2.75) is 39.5 Å². The first-order valence-electron chi connectivity index (χ1n) is 6.24. The lowest BCUT2D eigenvalue weighted by Gasteiger charge is -2.14. The average Bonchev–Trinajstić information content (AvgIpc) is 2.29. The van der Waals surface area contributed by atoms with Crippen molar-refractivity contribution in [2.24, 2.45) is 0 Å². The third kappa shape index (κ3) is 3.42. The topological polar surface area (TPSA) is 43.4 Å². The van der Waals surface area contributed by atoms with Crippen molar-refractivity contribution in [3.05, 3.63) is 35.4 Å². The second-order valence-corrected chi connectivity index (χ2v) is 4.62. The minimum Gasteiger partial charge on any atom is -0.465 e. The van der Waals surface area contributed by atoms with Gasteiger partial charge in [-0.05, 0) is 30.9 Å². The summed E-state index contributed by atoms with van der Waals surface area (Å²) in [5, 5.41) is 0. The Balaban J connectivity index is 3.00. The molecular formula is C15H20O3. The molecule has 0 N–H and O–H groups in total. The Morgan fingerprint density at radius 2 is 1.61 bits per heavy atom. The van der Waals surface area contributed by atoms with Crippen molar-refractivity contribution in [1.82, 2.24) is 0 Å². The van der Waals surface area contributed by atoms with E-state index in [0.29, 0.717) is 11.5 Å². The Labute approximate surface area is 108 Å². The zero-order valence-corrected chi connectivity index (χ0v) is 11.4. The van der Waals surface area contributed by atoms with Crippen molar-refractivity contribution in [1.29, 1.82) is 0 Å². The lowest BCUT2D eigenvalue weighted by molar-refractivity contribution is -0.147. The van der Waals surface area contributed by atoms with Gasteiger partial charge in [-0.3, -0.25) is 9.59 Å². The van der Waals surface area contributed by atoms with Crippen LogP contribution in [-0.4, -0.2) is 18.4 Å². The number of ether oxygens (including phenoxy) is 1. The van der Waals surface area contributed by atoms with Crippen LogP contribution in [0.5, 0.6) is 0 Å². The summed E-state index contributed by atoms with van der Waals surface area (Å²) < 4.78 is 4.94. The maximum absolute atomic E-state index is 11.8. The first kappa shape index (κ1) is 14.4. The zero-order chi connectivity index (χ0) is 13.7. The van der Waals surface area contributed by atoms with E-state index in [1.165, 1.54) is 12.5 Å². The molecule has 98 valence electrons. The maximum atomic E-state index is 11.8. The molecule has 0 saturated carbocycles. The Hall–Kier alpha value is -1.64. The zero-order valence-electron chi connectivity index (χ0n) is 11.4. The number of hydrogen-bond donors (Lipinski definition) is 0. The normalized spacial score (nSPS) is 12.3. The van der Waals surface area contributed by atoms with E-state index in [9.17, 15) is 9.59 Å². The van der Waals surface area contributed by atoms with Crippen LogP contribution < -0.4 is 0 Å². The number of esters is 1. The van der Waals surface area contributed by atoms with E-state index in [1.54, 1.807) is 6.92 Å². The van der Waals surface area contributed by atoms with Crippen LogP contribution in [0.15, 0.2) is 24.3 Å². The maximum Gasteiger partial charge on any atom is 0.320 e. The van der Waals surface area contributed by atoms with Gasteiger partial charge in [0.2, 0.25) is 0 Å². The molecule has 18 heavy (non-hydrogen) atoms. The Morgan fingerprint density at radius 1 is 1.11 bits per heavy atom. The van der Waals surface area contributed by atoms with Gasteiger partial charge < -0.3 is 4.74 Å². The summed E-state index contributed by atoms with van der Waals surface area (Å²) in [5.41, 5.74) is 1.88. The van der Waals surface area contributed by atoms with Crippen molar-refractivity contribution < 1.29 is 14.3 Å². The predicted molar refractivity (Wildman–Crippen MR) is 70.6 cm³/mol. The van der Waals surface area contributed by atoms with Crippen molar-refractivity contribution >= 4 is 11.8 Å². The highest BCUT2D eigenvalue weighted by Crippen LogP contribution is 2.22. The van der Waals surface area contributed by atoms with Crippen molar-refractivity contribution in [2.75, 3.05) is 6.61 Å². The molecule has 0 bridgehead atoms. The van der Waals surface area contributed by atoms with E-state index in [2.05, 4.69) is 13.8 Å². The molecule has 0 spiro atoms. The minimum atomic E-state index is -0.800. The van der Waals surface area contributed by atoms with Gasteiger partial charge in [0.05, 0.1) is 6.61 Å². The third-order valence-corrected chi connectivity index (χ3v) is 2.87. The van der Waals surface area contributed by atoms with Gasteiger partial charge in [-0.15, -0.1) is 0 Å². The SMILES string of the molecule is CCOC(=O)C(C(C)=O)c1ccc(C(C)C)cc1. The van der Waals surface area contributed by atoms with Gasteiger partial charge in [-0.2, -0.15) is 0 Å². The van der Waals surface area contributed by atoms with Crippen LogP contribution in [0, 0.1) is 0 Å². The van der Waals surface area contributed by atoms with Gasteiger partial charge in [0, 0.05) is 0 Å². The summed E-state index contributed by atoms with van der Waals surface area (Å²) in [6.07, 6.45) is 0. The molecule has 0 aliphatic heterocycles. The van der Waals surface area contributed by atoms with Crippen LogP contribution in [0.3, 0.4) is 0 Å². The Bertz CT molecular complexity index is 418. The highest BCUT2D eigenvalue weighted by Gasteiger charge is 2.26. The van der Waals surface area contributed by atoms with Crippen LogP contribution in [0.2, 0.25) is 0 Å². The molecule has 0 heterocycles. The highest BCUT2D eigenvalue weighted by atomic mass is 16.5. The van der Waals surface area contributed by atoms with E-state index in [-0.39, 0.29) is 12.4 Å². The second-order valence-electron chi connectivity index (χ2n) is 4.62. The fourth-order valence-corrected chi connectivity index (χ4v) is 1.84. The molecule has 1 atom stereocenters. The molecule has 0 radical (unpaired) electrons. The van der Waals surface area contributed by atoms with Crippen molar-refractivity contribution in [3.8, 4) is 0 Å². The molecule has 0 amide bonds. The number of ketones is 1. The Kier molecular flexibility index (Phi) is 5.08. The summed E-state index contributed by atoms with van der Waals surface area (Å²) >= 11 is 0. The van der Waals surface area contributed by atoms with Crippen LogP contribution in [0.1, 0.15) is 50.7 Å². The second kappa shape index (κ2) is 6.34. The molecule has 1 aromatic rings. The van der Waals surface area contributed by atoms with E-state index in [1.807, 2.05) is 24.3 Å². The number of Topliss-reactive ketones (excluding diaryl/α,β-unsaturated/α-hetero) is 1. The van der Waals surface area contributed by atoms with Crippen molar-refractivity contribution in [3.63, 3.8) is 0 Å². The number of carbonyl (C=O) groups is 2. The quantitative estimate of drug-likeness (QED) is 0.594. The first-order chi connectivity index (χ1) is 8.47. The molecule has 0 fully saturated rings. The summed E-state index contributed by atoms with van der Waals surface area (Å²) in [6.45, 7) is 7.63. The summed E-state index contributed by atoms with van der Waals surface area (Å²) in [4.78, 5) is 23.3. The molecule has 0 aliphatic carbocycles. The molecule has 1 rings (SSSR count). The Morgan fingerprint density at radius 3 is 2.00 bits per heavy atom. The molecule has 3 nitrogen and oxygen atoms in total. The molecule has 3 heteroatoms. The summed E-state index contributed by atoms with van der Waals surface area (Å²) in [5.74, 6) is -1.03. The van der Waals surface area contributed by atoms with E-state index in [4.69, 9.17) is 4.74 Å².